The van der Waals surface area contributed by atoms with E-state index >= 15 is 0 Å². The summed E-state index contributed by atoms with van der Waals surface area (Å²) < 4.78 is 99.0. The summed E-state index contributed by atoms with van der Waals surface area (Å²) in [6.07, 6.45) is -7.38. The molecular weight excluding hydrogens is 529 g/mol. The molecular formula is C28H19F7N2O2. The first-order valence-electron chi connectivity index (χ1n) is 11.4. The highest BCUT2D eigenvalue weighted by Crippen LogP contribution is 2.37. The van der Waals surface area contributed by atoms with Crippen molar-refractivity contribution < 1.29 is 40.3 Å². The topological polar surface area (TPSA) is 51.2 Å². The van der Waals surface area contributed by atoms with Crippen molar-refractivity contribution in [2.24, 2.45) is 0 Å². The first kappa shape index (κ1) is 27.6. The molecule has 1 heterocycles. The minimum Gasteiger partial charge on any atom is -0.488 e. The number of ether oxygens (including phenoxy) is 1. The molecule has 0 bridgehead atoms. The normalized spacial score (nSPS) is 11.8. The zero-order valence-corrected chi connectivity index (χ0v) is 19.9. The Bertz CT molecular complexity index is 1440. The molecule has 1 amide bonds. The Morgan fingerprint density at radius 1 is 0.821 bits per heavy atom. The van der Waals surface area contributed by atoms with Gasteiger partial charge in [0.05, 0.1) is 11.1 Å². The third-order valence-corrected chi connectivity index (χ3v) is 5.66. The van der Waals surface area contributed by atoms with E-state index in [2.05, 4.69) is 10.3 Å². The quantitative estimate of drug-likeness (QED) is 0.244. The van der Waals surface area contributed by atoms with Crippen molar-refractivity contribution in [3.63, 3.8) is 0 Å². The molecule has 0 aliphatic carbocycles. The van der Waals surface area contributed by atoms with Crippen molar-refractivity contribution >= 4 is 5.91 Å². The van der Waals surface area contributed by atoms with Gasteiger partial charge in [-0.1, -0.05) is 30.3 Å². The molecule has 39 heavy (non-hydrogen) atoms. The van der Waals surface area contributed by atoms with Gasteiger partial charge in [0.15, 0.2) is 0 Å². The highest BCUT2D eigenvalue weighted by molar-refractivity contribution is 5.94. The van der Waals surface area contributed by atoms with Crippen molar-refractivity contribution in [3.05, 3.63) is 119 Å². The third kappa shape index (κ3) is 6.92. The fourth-order valence-corrected chi connectivity index (χ4v) is 3.77. The summed E-state index contributed by atoms with van der Waals surface area (Å²) in [6, 6.07) is 15.2. The number of carbonyl (C=O) groups is 1. The molecule has 0 radical (unpaired) electrons. The first-order valence-corrected chi connectivity index (χ1v) is 11.4. The van der Waals surface area contributed by atoms with Crippen LogP contribution in [0.15, 0.2) is 85.2 Å². The number of hydrogen-bond acceptors (Lipinski definition) is 3. The van der Waals surface area contributed by atoms with Crippen molar-refractivity contribution in [2.75, 3.05) is 0 Å². The van der Waals surface area contributed by atoms with E-state index in [-0.39, 0.29) is 25.0 Å². The van der Waals surface area contributed by atoms with Gasteiger partial charge in [0.2, 0.25) is 0 Å². The van der Waals surface area contributed by atoms with E-state index in [9.17, 15) is 35.5 Å². The summed E-state index contributed by atoms with van der Waals surface area (Å²) in [4.78, 5) is 16.6. The summed E-state index contributed by atoms with van der Waals surface area (Å²) in [6.45, 7) is -0.166. The van der Waals surface area contributed by atoms with Crippen molar-refractivity contribution in [1.82, 2.24) is 10.3 Å². The Balaban J connectivity index is 1.60. The third-order valence-electron chi connectivity index (χ3n) is 5.66. The minimum atomic E-state index is -5.09. The maximum atomic E-state index is 14.1. The van der Waals surface area contributed by atoms with E-state index in [0.29, 0.717) is 28.8 Å². The zero-order valence-electron chi connectivity index (χ0n) is 19.9. The van der Waals surface area contributed by atoms with Crippen molar-refractivity contribution in [3.8, 4) is 16.9 Å². The lowest BCUT2D eigenvalue weighted by molar-refractivity contribution is -0.143. The molecule has 4 rings (SSSR count). The summed E-state index contributed by atoms with van der Waals surface area (Å²) in [5.74, 6) is -1.53. The second-order valence-electron chi connectivity index (χ2n) is 8.42. The second-order valence-corrected chi connectivity index (χ2v) is 8.42. The fraction of sp³-hybridized carbons (Fsp3) is 0.143. The lowest BCUT2D eigenvalue weighted by Crippen LogP contribution is -2.24. The van der Waals surface area contributed by atoms with Crippen molar-refractivity contribution in [1.29, 1.82) is 0 Å². The molecule has 11 heteroatoms. The van der Waals surface area contributed by atoms with E-state index in [0.717, 1.165) is 5.56 Å². The number of hydrogen-bond donors (Lipinski definition) is 1. The van der Waals surface area contributed by atoms with Gasteiger partial charge in [-0.2, -0.15) is 26.3 Å². The van der Waals surface area contributed by atoms with Crippen LogP contribution in [0.2, 0.25) is 0 Å². The molecule has 4 nitrogen and oxygen atoms in total. The largest absolute Gasteiger partial charge is 0.488 e. The number of aromatic nitrogens is 1. The minimum absolute atomic E-state index is 0.0541. The average molecular weight is 548 g/mol. The standard InChI is InChI=1S/C28H19F7N2O2/c29-22-6-7-24(25(13-22)39-16-17-4-2-1-3-5-17)23-8-9-36-14-19(23)15-37-26(38)18-10-20(27(30,31)32)12-21(11-18)28(33,34)35/h1-14H,15-16H2,(H,37,38). The maximum Gasteiger partial charge on any atom is 0.416 e. The Kier molecular flexibility index (Phi) is 7.89. The summed E-state index contributed by atoms with van der Waals surface area (Å²) >= 11 is 0. The molecule has 0 unspecified atom stereocenters. The Morgan fingerprint density at radius 2 is 1.49 bits per heavy atom. The van der Waals surface area contributed by atoms with Crippen LogP contribution in [-0.4, -0.2) is 10.9 Å². The Labute approximate surface area is 218 Å². The van der Waals surface area contributed by atoms with Crippen LogP contribution in [0.25, 0.3) is 11.1 Å². The van der Waals surface area contributed by atoms with Gasteiger partial charge in [0.25, 0.3) is 5.91 Å². The number of benzene rings is 3. The smallest absolute Gasteiger partial charge is 0.416 e. The van der Waals surface area contributed by atoms with Gasteiger partial charge in [0.1, 0.15) is 18.2 Å². The Hall–Kier alpha value is -4.41. The molecule has 1 aromatic heterocycles. The van der Waals surface area contributed by atoms with Gasteiger partial charge in [-0.05, 0) is 53.1 Å². The number of rotatable bonds is 7. The number of halogens is 7. The average Bonchev–Trinajstić information content (AvgIpc) is 2.90. The van der Waals surface area contributed by atoms with E-state index < -0.39 is 40.8 Å². The number of carbonyl (C=O) groups excluding carboxylic acids is 1. The molecule has 202 valence electrons. The van der Waals surface area contributed by atoms with Gasteiger partial charge in [0, 0.05) is 36.1 Å². The van der Waals surface area contributed by atoms with Crippen molar-refractivity contribution in [2.45, 2.75) is 25.5 Å². The van der Waals surface area contributed by atoms with E-state index in [1.165, 1.54) is 30.6 Å². The van der Waals surface area contributed by atoms with E-state index in [1.54, 1.807) is 6.07 Å². The molecule has 1 N–H and O–H groups in total. The van der Waals surface area contributed by atoms with Gasteiger partial charge in [-0.25, -0.2) is 4.39 Å². The van der Waals surface area contributed by atoms with Gasteiger partial charge in [-0.15, -0.1) is 0 Å². The predicted octanol–water partition coefficient (Wildman–Crippen LogP) is 7.43. The van der Waals surface area contributed by atoms with E-state index in [1.807, 2.05) is 30.3 Å². The molecule has 0 atom stereocenters. The van der Waals surface area contributed by atoms with Gasteiger partial charge in [-0.3, -0.25) is 9.78 Å². The van der Waals surface area contributed by atoms with Crippen LogP contribution in [-0.2, 0) is 25.5 Å². The summed E-state index contributed by atoms with van der Waals surface area (Å²) in [5.41, 5.74) is -1.91. The maximum absolute atomic E-state index is 14.1. The molecule has 0 fully saturated rings. The van der Waals surface area contributed by atoms with Crippen LogP contribution in [0.5, 0.6) is 5.75 Å². The fourth-order valence-electron chi connectivity index (χ4n) is 3.77. The molecule has 4 aromatic rings. The highest BCUT2D eigenvalue weighted by atomic mass is 19.4. The number of nitrogens with one attached hydrogen (secondary N) is 1. The van der Waals surface area contributed by atoms with E-state index in [4.69, 9.17) is 4.74 Å². The summed E-state index contributed by atoms with van der Waals surface area (Å²) in [7, 11) is 0. The highest BCUT2D eigenvalue weighted by Gasteiger charge is 2.37. The molecule has 0 aliphatic rings. The molecule has 3 aromatic carbocycles. The lowest BCUT2D eigenvalue weighted by atomic mass is 10.00. The van der Waals surface area contributed by atoms with Gasteiger partial charge < -0.3 is 10.1 Å². The molecule has 0 saturated carbocycles. The monoisotopic (exact) mass is 548 g/mol. The number of pyridine rings is 1. The molecule has 0 saturated heterocycles. The predicted molar refractivity (Wildman–Crippen MR) is 128 cm³/mol. The second kappa shape index (κ2) is 11.1. The zero-order chi connectivity index (χ0) is 28.2. The van der Waals surface area contributed by atoms with Gasteiger partial charge >= 0.3 is 12.4 Å². The van der Waals surface area contributed by atoms with Crippen LogP contribution in [0.4, 0.5) is 30.7 Å². The van der Waals surface area contributed by atoms with Crippen LogP contribution in [0, 0.1) is 5.82 Å². The van der Waals surface area contributed by atoms with Crippen LogP contribution in [0.1, 0.15) is 32.6 Å². The SMILES string of the molecule is O=C(NCc1cnccc1-c1ccc(F)cc1OCc1ccccc1)c1cc(C(F)(F)F)cc(C(F)(F)F)c1. The van der Waals surface area contributed by atoms with Crippen LogP contribution >= 0.6 is 0 Å². The number of amides is 1. The van der Waals surface area contributed by atoms with Crippen LogP contribution < -0.4 is 10.1 Å². The van der Waals surface area contributed by atoms with Crippen LogP contribution in [0.3, 0.4) is 0 Å². The molecule has 0 spiro atoms. The lowest BCUT2D eigenvalue weighted by Gasteiger charge is -2.16. The Morgan fingerprint density at radius 3 is 2.13 bits per heavy atom. The number of nitrogens with zero attached hydrogens (tertiary/aromatic N) is 1. The summed E-state index contributed by atoms with van der Waals surface area (Å²) in [5, 5.41) is 2.34. The number of alkyl halides is 6. The molecule has 0 aliphatic heterocycles. The first-order chi connectivity index (χ1) is 18.4.